The van der Waals surface area contributed by atoms with Crippen LogP contribution >= 0.6 is 11.8 Å². The second-order valence-corrected chi connectivity index (χ2v) is 9.69. The molecule has 8 heteroatoms. The second kappa shape index (κ2) is 10.8. The predicted molar refractivity (Wildman–Crippen MR) is 130 cm³/mol. The molecule has 184 valence electrons. The van der Waals surface area contributed by atoms with Gasteiger partial charge in [0.05, 0.1) is 16.3 Å². The summed E-state index contributed by atoms with van der Waals surface area (Å²) in [5, 5.41) is 9.72. The van der Waals surface area contributed by atoms with E-state index >= 15 is 0 Å². The van der Waals surface area contributed by atoms with E-state index in [9.17, 15) is 23.1 Å². The van der Waals surface area contributed by atoms with Gasteiger partial charge in [0.25, 0.3) is 0 Å². The number of nitrogens with zero attached hydrogens (tertiary/aromatic N) is 2. The number of aromatic nitrogens is 1. The molecule has 1 heterocycles. The number of aliphatic hydroxyl groups excluding tert-OH is 1. The van der Waals surface area contributed by atoms with Crippen molar-refractivity contribution >= 4 is 17.7 Å². The maximum absolute atomic E-state index is 13.1. The van der Waals surface area contributed by atoms with Gasteiger partial charge in [-0.25, -0.2) is 4.98 Å². The molecule has 1 atom stereocenters. The Labute approximate surface area is 207 Å². The summed E-state index contributed by atoms with van der Waals surface area (Å²) in [6.45, 7) is 0.945. The quantitative estimate of drug-likeness (QED) is 0.378. The van der Waals surface area contributed by atoms with Crippen molar-refractivity contribution in [2.75, 3.05) is 25.4 Å². The molecular weight excluding hydrogens is 473 g/mol. The molecule has 3 aromatic rings. The standard InChI is InChI=1S/C27H27F3N2O2S/c28-27(29,30)22-12-13-24(31-17-22)35-19-25(34)32(14-7-15-33)18-23-16-26(23,20-8-3-1-4-9-20)21-10-5-2-6-11-21/h1-6,8-13,17,23,33H,7,14-16,18-19H2. The van der Waals surface area contributed by atoms with Crippen molar-refractivity contribution < 1.29 is 23.1 Å². The van der Waals surface area contributed by atoms with Crippen molar-refractivity contribution in [2.45, 2.75) is 29.5 Å². The van der Waals surface area contributed by atoms with E-state index in [0.717, 1.165) is 30.4 Å². The van der Waals surface area contributed by atoms with Crippen molar-refractivity contribution in [3.05, 3.63) is 95.7 Å². The Bertz CT molecular complexity index is 1070. The van der Waals surface area contributed by atoms with Gasteiger partial charge >= 0.3 is 6.18 Å². The normalized spacial score (nSPS) is 16.6. The zero-order valence-corrected chi connectivity index (χ0v) is 19.9. The van der Waals surface area contributed by atoms with Crippen LogP contribution in [-0.2, 0) is 16.4 Å². The monoisotopic (exact) mass is 500 g/mol. The molecule has 1 aliphatic rings. The average molecular weight is 501 g/mol. The molecule has 1 unspecified atom stereocenters. The van der Waals surface area contributed by atoms with Gasteiger partial charge in [0.15, 0.2) is 0 Å². The number of halogens is 3. The smallest absolute Gasteiger partial charge is 0.396 e. The van der Waals surface area contributed by atoms with Crippen LogP contribution in [0.1, 0.15) is 29.5 Å². The Hall–Kier alpha value is -2.84. The predicted octanol–water partition coefficient (Wildman–Crippen LogP) is 5.41. The molecule has 0 bridgehead atoms. The first-order valence-electron chi connectivity index (χ1n) is 11.5. The largest absolute Gasteiger partial charge is 0.417 e. The molecular formula is C27H27F3N2O2S. The third kappa shape index (κ3) is 5.87. The van der Waals surface area contributed by atoms with Gasteiger partial charge in [0, 0.05) is 31.3 Å². The maximum atomic E-state index is 13.1. The summed E-state index contributed by atoms with van der Waals surface area (Å²) in [4.78, 5) is 18.7. The molecule has 4 nitrogen and oxygen atoms in total. The third-order valence-corrected chi connectivity index (χ3v) is 7.40. The van der Waals surface area contributed by atoms with Crippen molar-refractivity contribution in [3.63, 3.8) is 0 Å². The molecule has 1 amide bonds. The molecule has 0 saturated heterocycles. The number of amides is 1. The minimum absolute atomic E-state index is 0.0233. The third-order valence-electron chi connectivity index (χ3n) is 6.47. The molecule has 1 aromatic heterocycles. The van der Waals surface area contributed by atoms with E-state index in [1.165, 1.54) is 17.2 Å². The fraction of sp³-hybridized carbons (Fsp3) is 0.333. The Balaban J connectivity index is 1.46. The zero-order valence-electron chi connectivity index (χ0n) is 19.1. The Morgan fingerprint density at radius 1 is 1.03 bits per heavy atom. The van der Waals surface area contributed by atoms with E-state index in [1.807, 2.05) is 36.4 Å². The average Bonchev–Trinajstić information content (AvgIpc) is 3.61. The lowest BCUT2D eigenvalue weighted by molar-refractivity contribution is -0.138. The van der Waals surface area contributed by atoms with Gasteiger partial charge in [-0.15, -0.1) is 0 Å². The molecule has 4 rings (SSSR count). The number of hydrogen-bond donors (Lipinski definition) is 1. The van der Waals surface area contributed by atoms with Crippen LogP contribution in [0.5, 0.6) is 0 Å². The summed E-state index contributed by atoms with van der Waals surface area (Å²) in [5.74, 6) is 0.177. The summed E-state index contributed by atoms with van der Waals surface area (Å²) in [5.41, 5.74) is 1.45. The van der Waals surface area contributed by atoms with E-state index < -0.39 is 11.7 Å². The number of thioether (sulfide) groups is 1. The zero-order chi connectivity index (χ0) is 24.9. The van der Waals surface area contributed by atoms with Crippen LogP contribution in [0.15, 0.2) is 84.0 Å². The van der Waals surface area contributed by atoms with Crippen LogP contribution in [0.3, 0.4) is 0 Å². The molecule has 1 saturated carbocycles. The lowest BCUT2D eigenvalue weighted by Gasteiger charge is -2.25. The van der Waals surface area contributed by atoms with Crippen LogP contribution < -0.4 is 0 Å². The summed E-state index contributed by atoms with van der Waals surface area (Å²) in [7, 11) is 0. The SMILES string of the molecule is O=C(CSc1ccc(C(F)(F)F)cn1)N(CCCO)CC1CC1(c1ccccc1)c1ccccc1. The van der Waals surface area contributed by atoms with Crippen molar-refractivity contribution in [2.24, 2.45) is 5.92 Å². The molecule has 1 N–H and O–H groups in total. The number of carbonyl (C=O) groups excluding carboxylic acids is 1. The van der Waals surface area contributed by atoms with E-state index in [-0.39, 0.29) is 29.6 Å². The fourth-order valence-corrected chi connectivity index (χ4v) is 5.35. The maximum Gasteiger partial charge on any atom is 0.417 e. The number of pyridine rings is 1. The Morgan fingerprint density at radius 3 is 2.17 bits per heavy atom. The van der Waals surface area contributed by atoms with Gasteiger partial charge in [0.2, 0.25) is 5.91 Å². The first-order chi connectivity index (χ1) is 16.8. The van der Waals surface area contributed by atoms with Gasteiger partial charge < -0.3 is 10.0 Å². The molecule has 2 aromatic carbocycles. The second-order valence-electron chi connectivity index (χ2n) is 8.69. The van der Waals surface area contributed by atoms with Crippen molar-refractivity contribution in [1.29, 1.82) is 0 Å². The van der Waals surface area contributed by atoms with Crippen molar-refractivity contribution in [3.8, 4) is 0 Å². The summed E-state index contributed by atoms with van der Waals surface area (Å²) >= 11 is 1.12. The van der Waals surface area contributed by atoms with Crippen LogP contribution in [-0.4, -0.2) is 46.3 Å². The lowest BCUT2D eigenvalue weighted by Crippen LogP contribution is -2.36. The molecule has 0 radical (unpaired) electrons. The first kappa shape index (κ1) is 25.3. The molecule has 1 aliphatic carbocycles. The molecule has 0 spiro atoms. The number of benzene rings is 2. The van der Waals surface area contributed by atoms with E-state index in [2.05, 4.69) is 29.2 Å². The van der Waals surface area contributed by atoms with Crippen LogP contribution in [0.2, 0.25) is 0 Å². The van der Waals surface area contributed by atoms with Gasteiger partial charge in [-0.1, -0.05) is 72.4 Å². The highest BCUT2D eigenvalue weighted by atomic mass is 32.2. The van der Waals surface area contributed by atoms with E-state index in [0.29, 0.717) is 24.5 Å². The summed E-state index contributed by atoms with van der Waals surface area (Å²) < 4.78 is 38.3. The van der Waals surface area contributed by atoms with Gasteiger partial charge in [-0.3, -0.25) is 4.79 Å². The number of aliphatic hydroxyl groups is 1. The number of hydrogen-bond acceptors (Lipinski definition) is 4. The van der Waals surface area contributed by atoms with E-state index in [1.54, 1.807) is 4.90 Å². The number of carbonyl (C=O) groups is 1. The van der Waals surface area contributed by atoms with Gasteiger partial charge in [-0.05, 0) is 42.0 Å². The van der Waals surface area contributed by atoms with Gasteiger partial charge in [-0.2, -0.15) is 13.2 Å². The Morgan fingerprint density at radius 2 is 1.66 bits per heavy atom. The number of alkyl halides is 3. The minimum Gasteiger partial charge on any atom is -0.396 e. The van der Waals surface area contributed by atoms with E-state index in [4.69, 9.17) is 0 Å². The number of rotatable bonds is 10. The lowest BCUT2D eigenvalue weighted by atomic mass is 9.85. The van der Waals surface area contributed by atoms with Crippen LogP contribution in [0, 0.1) is 5.92 Å². The summed E-state index contributed by atoms with van der Waals surface area (Å²) in [6, 6.07) is 22.8. The highest BCUT2D eigenvalue weighted by Crippen LogP contribution is 2.59. The van der Waals surface area contributed by atoms with Crippen molar-refractivity contribution in [1.82, 2.24) is 9.88 Å². The first-order valence-corrected chi connectivity index (χ1v) is 12.5. The van der Waals surface area contributed by atoms with Crippen LogP contribution in [0.4, 0.5) is 13.2 Å². The topological polar surface area (TPSA) is 53.4 Å². The minimum atomic E-state index is -4.44. The molecule has 1 fully saturated rings. The van der Waals surface area contributed by atoms with Crippen LogP contribution in [0.25, 0.3) is 0 Å². The van der Waals surface area contributed by atoms with Gasteiger partial charge in [0.1, 0.15) is 0 Å². The molecule has 35 heavy (non-hydrogen) atoms. The highest BCUT2D eigenvalue weighted by molar-refractivity contribution is 7.99. The highest BCUT2D eigenvalue weighted by Gasteiger charge is 2.56. The summed E-state index contributed by atoms with van der Waals surface area (Å²) in [6.07, 6.45) is -2.28. The fourth-order valence-electron chi connectivity index (χ4n) is 4.60. The molecule has 0 aliphatic heterocycles. The Kier molecular flexibility index (Phi) is 7.82.